The van der Waals surface area contributed by atoms with Crippen molar-refractivity contribution in [2.45, 2.75) is 20.3 Å². The van der Waals surface area contributed by atoms with Crippen LogP contribution in [0.2, 0.25) is 0 Å². The number of hydrazine groups is 1. The molecule has 0 radical (unpaired) electrons. The van der Waals surface area contributed by atoms with Crippen LogP contribution in [0.15, 0.2) is 79.3 Å². The number of phenols is 1. The highest BCUT2D eigenvalue weighted by Crippen LogP contribution is 2.36. The third kappa shape index (κ3) is 6.02. The number of ether oxygens (including phenoxy) is 1. The van der Waals surface area contributed by atoms with Gasteiger partial charge in [-0.25, -0.2) is 5.43 Å². The van der Waals surface area contributed by atoms with Crippen LogP contribution >= 0.6 is 0 Å². The number of hydrogen-bond acceptors (Lipinski definition) is 8. The van der Waals surface area contributed by atoms with Gasteiger partial charge in [-0.15, -0.1) is 14.6 Å². The molecular weight excluding hydrogens is 520 g/mol. The Bertz CT molecular complexity index is 1710. The molecule has 3 aromatic carbocycles. The second-order valence-corrected chi connectivity index (χ2v) is 9.66. The van der Waals surface area contributed by atoms with Crippen molar-refractivity contribution < 1.29 is 19.3 Å². The number of nitrogens with one attached hydrogen (secondary N) is 4. The lowest BCUT2D eigenvalue weighted by molar-refractivity contribution is -0.648. The van der Waals surface area contributed by atoms with Gasteiger partial charge in [0.05, 0.1) is 30.8 Å². The number of rotatable bonds is 10. The van der Waals surface area contributed by atoms with Crippen LogP contribution in [0.3, 0.4) is 0 Å². The minimum atomic E-state index is -0.489. The van der Waals surface area contributed by atoms with Gasteiger partial charge >= 0.3 is 5.95 Å². The van der Waals surface area contributed by atoms with Crippen LogP contribution < -0.4 is 25.6 Å². The SMILES string of the molecule is CC(C)CCOc1ccc(NC(=O)c2cc3ccccc3c(NNc3c(C#N)c[nH][n+]3-c3ncccn3)c2O)cc1. The second-order valence-electron chi connectivity index (χ2n) is 9.66. The summed E-state index contributed by atoms with van der Waals surface area (Å²) in [6, 6.07) is 19.8. The number of carbonyl (C=O) groups is 1. The van der Waals surface area contributed by atoms with Crippen molar-refractivity contribution in [1.82, 2.24) is 15.1 Å². The predicted molar refractivity (Wildman–Crippen MR) is 155 cm³/mol. The number of anilines is 3. The molecule has 0 atom stereocenters. The molecule has 5 rings (SSSR count). The average molecular weight is 550 g/mol. The molecule has 0 fully saturated rings. The van der Waals surface area contributed by atoms with Gasteiger partial charge in [0.25, 0.3) is 11.7 Å². The zero-order valence-electron chi connectivity index (χ0n) is 22.5. The van der Waals surface area contributed by atoms with Gasteiger partial charge in [-0.2, -0.15) is 5.26 Å². The molecule has 1 amide bonds. The molecule has 0 saturated carbocycles. The molecule has 0 bridgehead atoms. The molecule has 5 aromatic rings. The lowest BCUT2D eigenvalue weighted by Crippen LogP contribution is -2.39. The van der Waals surface area contributed by atoms with Crippen molar-refractivity contribution in [2.75, 3.05) is 22.8 Å². The van der Waals surface area contributed by atoms with Gasteiger partial charge in [0.1, 0.15) is 23.1 Å². The maximum Gasteiger partial charge on any atom is 0.406 e. The molecule has 206 valence electrons. The first kappa shape index (κ1) is 27.0. The molecule has 2 heterocycles. The molecule has 5 N–H and O–H groups in total. The lowest BCUT2D eigenvalue weighted by atomic mass is 10.0. The average Bonchev–Trinajstić information content (AvgIpc) is 3.40. The van der Waals surface area contributed by atoms with Crippen LogP contribution in [0.4, 0.5) is 17.2 Å². The maximum atomic E-state index is 13.3. The van der Waals surface area contributed by atoms with E-state index in [1.54, 1.807) is 48.8 Å². The normalized spacial score (nSPS) is 10.8. The third-order valence-electron chi connectivity index (χ3n) is 6.34. The van der Waals surface area contributed by atoms with E-state index in [9.17, 15) is 15.2 Å². The quantitative estimate of drug-likeness (QED) is 0.0934. The smallest absolute Gasteiger partial charge is 0.406 e. The Kier molecular flexibility index (Phi) is 7.92. The largest absolute Gasteiger partial charge is 0.505 e. The number of nitrogens with zero attached hydrogens (tertiary/aromatic N) is 4. The van der Waals surface area contributed by atoms with Crippen molar-refractivity contribution in [3.8, 4) is 23.5 Å². The van der Waals surface area contributed by atoms with Gasteiger partial charge < -0.3 is 15.2 Å². The zero-order valence-corrected chi connectivity index (χ0v) is 22.5. The lowest BCUT2D eigenvalue weighted by Gasteiger charge is -2.15. The third-order valence-corrected chi connectivity index (χ3v) is 6.34. The predicted octanol–water partition coefficient (Wildman–Crippen LogP) is 4.93. The fourth-order valence-corrected chi connectivity index (χ4v) is 4.16. The molecular formula is C30H29N8O3+. The Balaban J connectivity index is 1.40. The van der Waals surface area contributed by atoms with E-state index < -0.39 is 5.91 Å². The van der Waals surface area contributed by atoms with Gasteiger partial charge in [-0.1, -0.05) is 38.1 Å². The number of benzene rings is 3. The van der Waals surface area contributed by atoms with E-state index in [4.69, 9.17) is 4.74 Å². The van der Waals surface area contributed by atoms with E-state index in [2.05, 4.69) is 51.2 Å². The molecule has 41 heavy (non-hydrogen) atoms. The Hall–Kier alpha value is -5.63. The number of phenolic OH excluding ortho intramolecular Hbond substituents is 1. The summed E-state index contributed by atoms with van der Waals surface area (Å²) < 4.78 is 7.24. The van der Waals surface area contributed by atoms with Gasteiger partial charge in [0.15, 0.2) is 5.75 Å². The summed E-state index contributed by atoms with van der Waals surface area (Å²) in [6.07, 6.45) is 5.61. The Morgan fingerprint density at radius 1 is 1.10 bits per heavy atom. The summed E-state index contributed by atoms with van der Waals surface area (Å²) in [5.74, 6) is 1.13. The highest BCUT2D eigenvalue weighted by atomic mass is 16.5. The first-order valence-electron chi connectivity index (χ1n) is 13.1. The topological polar surface area (TPSA) is 152 Å². The van der Waals surface area contributed by atoms with Gasteiger partial charge in [-0.3, -0.25) is 15.3 Å². The standard InChI is InChI=1S/C30H28N8O3/c1-19(2)12-15-41-23-10-8-22(9-11-23)35-29(40)25-16-20-6-3-4-7-24(20)26(27(25)39)36-37-28-21(17-31)18-34-38(28)30-32-13-5-14-33-30/h3-11,13-14,16,18-19,36H,12,15H2,1-2H3,(H3,34,35,37,39,40)/p+1. The van der Waals surface area contributed by atoms with Crippen LogP contribution in [0.1, 0.15) is 36.2 Å². The second kappa shape index (κ2) is 12.0. The maximum absolute atomic E-state index is 13.3. The minimum Gasteiger partial charge on any atom is -0.505 e. The van der Waals surface area contributed by atoms with Crippen LogP contribution in [0, 0.1) is 17.2 Å². The zero-order chi connectivity index (χ0) is 28.8. The molecule has 0 saturated heterocycles. The number of aromatic hydroxyl groups is 1. The summed E-state index contributed by atoms with van der Waals surface area (Å²) in [5.41, 5.74) is 7.13. The Labute approximate surface area is 236 Å². The van der Waals surface area contributed by atoms with E-state index in [0.717, 1.165) is 17.6 Å². The molecule has 11 heteroatoms. The van der Waals surface area contributed by atoms with Crippen molar-refractivity contribution in [3.63, 3.8) is 0 Å². The molecule has 11 nitrogen and oxygen atoms in total. The summed E-state index contributed by atoms with van der Waals surface area (Å²) in [4.78, 5) is 21.8. The molecule has 0 aliphatic carbocycles. The van der Waals surface area contributed by atoms with E-state index in [1.807, 2.05) is 24.3 Å². The number of H-pyrrole nitrogens is 1. The monoisotopic (exact) mass is 549 g/mol. The van der Waals surface area contributed by atoms with Crippen molar-refractivity contribution in [1.29, 1.82) is 5.26 Å². The van der Waals surface area contributed by atoms with Crippen LogP contribution in [0.25, 0.3) is 16.7 Å². The fourth-order valence-electron chi connectivity index (χ4n) is 4.16. The number of amides is 1. The molecule has 0 unspecified atom stereocenters. The van der Waals surface area contributed by atoms with Crippen molar-refractivity contribution in [2.24, 2.45) is 5.92 Å². The number of aromatic nitrogens is 4. The van der Waals surface area contributed by atoms with E-state index >= 15 is 0 Å². The van der Waals surface area contributed by atoms with Crippen molar-refractivity contribution in [3.05, 3.63) is 90.4 Å². The summed E-state index contributed by atoms with van der Waals surface area (Å²) in [7, 11) is 0. The first-order chi connectivity index (χ1) is 19.9. The molecule has 0 aliphatic heterocycles. The van der Waals surface area contributed by atoms with Gasteiger partial charge in [-0.05, 0) is 54.1 Å². The summed E-state index contributed by atoms with van der Waals surface area (Å²) in [6.45, 7) is 4.90. The van der Waals surface area contributed by atoms with E-state index in [-0.39, 0.29) is 22.6 Å². The fraction of sp³-hybridized carbons (Fsp3) is 0.167. The van der Waals surface area contributed by atoms with Crippen LogP contribution in [-0.2, 0) is 0 Å². The molecule has 0 spiro atoms. The highest BCUT2D eigenvalue weighted by Gasteiger charge is 2.23. The number of hydrogen-bond donors (Lipinski definition) is 5. The van der Waals surface area contributed by atoms with E-state index in [0.29, 0.717) is 35.4 Å². The van der Waals surface area contributed by atoms with Crippen LogP contribution in [-0.4, -0.2) is 32.7 Å². The van der Waals surface area contributed by atoms with Gasteiger partial charge in [0.2, 0.25) is 0 Å². The Morgan fingerprint density at radius 3 is 2.59 bits per heavy atom. The van der Waals surface area contributed by atoms with Crippen LogP contribution in [0.5, 0.6) is 11.5 Å². The molecule has 2 aromatic heterocycles. The number of nitriles is 1. The minimum absolute atomic E-state index is 0.0686. The summed E-state index contributed by atoms with van der Waals surface area (Å²) in [5, 5.41) is 28.1. The number of carbonyl (C=O) groups excluding carboxylic acids is 1. The van der Waals surface area contributed by atoms with E-state index in [1.165, 1.54) is 10.9 Å². The first-order valence-corrected chi connectivity index (χ1v) is 13.1. The summed E-state index contributed by atoms with van der Waals surface area (Å²) >= 11 is 0. The highest BCUT2D eigenvalue weighted by molar-refractivity contribution is 6.12. The Morgan fingerprint density at radius 2 is 1.85 bits per heavy atom. The number of aromatic amines is 1. The van der Waals surface area contributed by atoms with Crippen molar-refractivity contribution >= 4 is 33.9 Å². The van der Waals surface area contributed by atoms with Gasteiger partial charge in [0, 0.05) is 11.1 Å². The number of fused-ring (bicyclic) bond motifs is 1. The molecule has 0 aliphatic rings.